The van der Waals surface area contributed by atoms with Crippen LogP contribution in [0.15, 0.2) is 12.1 Å². The molecule has 0 spiro atoms. The first kappa shape index (κ1) is 15.8. The van der Waals surface area contributed by atoms with Gasteiger partial charge in [0.1, 0.15) is 0 Å². The summed E-state index contributed by atoms with van der Waals surface area (Å²) in [5.41, 5.74) is 5.52. The highest BCUT2D eigenvalue weighted by molar-refractivity contribution is 5.73. The van der Waals surface area contributed by atoms with Crippen molar-refractivity contribution in [1.29, 1.82) is 0 Å². The van der Waals surface area contributed by atoms with Crippen LogP contribution in [0, 0.1) is 20.8 Å². The van der Waals surface area contributed by atoms with Crippen molar-refractivity contribution in [3.05, 3.63) is 34.4 Å². The molecule has 1 aromatic rings. The number of carbonyl (C=O) groups excluding carboxylic acids is 1. The molecule has 0 radical (unpaired) electrons. The van der Waals surface area contributed by atoms with E-state index in [1.807, 2.05) is 19.0 Å². The van der Waals surface area contributed by atoms with Crippen LogP contribution in [0.1, 0.15) is 22.3 Å². The van der Waals surface area contributed by atoms with Gasteiger partial charge in [-0.25, -0.2) is 4.79 Å². The third-order valence-electron chi connectivity index (χ3n) is 4.25. The maximum atomic E-state index is 11.9. The average Bonchev–Trinajstić information content (AvgIpc) is 2.42. The molecule has 1 aliphatic rings. The summed E-state index contributed by atoms with van der Waals surface area (Å²) >= 11 is 0. The number of aryl methyl sites for hydroxylation is 3. The van der Waals surface area contributed by atoms with Gasteiger partial charge in [-0.05, 0) is 37.5 Å². The van der Waals surface area contributed by atoms with Gasteiger partial charge in [0.2, 0.25) is 0 Å². The second kappa shape index (κ2) is 6.48. The fourth-order valence-electron chi connectivity index (χ4n) is 3.06. The van der Waals surface area contributed by atoms with E-state index in [1.54, 1.807) is 4.90 Å². The van der Waals surface area contributed by atoms with Crippen LogP contribution in [-0.4, -0.2) is 61.0 Å². The molecule has 1 aliphatic heterocycles. The summed E-state index contributed by atoms with van der Waals surface area (Å²) < 4.78 is 0. The molecule has 1 saturated heterocycles. The molecule has 0 unspecified atom stereocenters. The Labute approximate surface area is 128 Å². The van der Waals surface area contributed by atoms with Gasteiger partial charge >= 0.3 is 6.03 Å². The van der Waals surface area contributed by atoms with Crippen molar-refractivity contribution in [3.63, 3.8) is 0 Å². The quantitative estimate of drug-likeness (QED) is 0.836. The lowest BCUT2D eigenvalue weighted by molar-refractivity contribution is 0.120. The van der Waals surface area contributed by atoms with E-state index in [-0.39, 0.29) is 6.03 Å². The standard InChI is InChI=1S/C17H27N3O/c1-13-10-14(2)16(15(3)11-13)12-19-6-8-20(9-7-19)17(21)18(4)5/h10-11H,6-9,12H2,1-5H3. The van der Waals surface area contributed by atoms with Gasteiger partial charge in [-0.15, -0.1) is 0 Å². The molecule has 0 atom stereocenters. The molecule has 116 valence electrons. The zero-order chi connectivity index (χ0) is 15.6. The molecule has 2 amide bonds. The second-order valence-electron chi connectivity index (χ2n) is 6.32. The van der Waals surface area contributed by atoms with Gasteiger partial charge in [0.25, 0.3) is 0 Å². The van der Waals surface area contributed by atoms with Gasteiger partial charge in [0, 0.05) is 46.8 Å². The number of rotatable bonds is 2. The van der Waals surface area contributed by atoms with E-state index >= 15 is 0 Å². The molecule has 0 N–H and O–H groups in total. The number of urea groups is 1. The van der Waals surface area contributed by atoms with Crippen molar-refractivity contribution in [2.45, 2.75) is 27.3 Å². The fraction of sp³-hybridized carbons (Fsp3) is 0.588. The van der Waals surface area contributed by atoms with Gasteiger partial charge in [-0.2, -0.15) is 0 Å². The van der Waals surface area contributed by atoms with Crippen LogP contribution in [-0.2, 0) is 6.54 Å². The van der Waals surface area contributed by atoms with Crippen molar-refractivity contribution >= 4 is 6.03 Å². The van der Waals surface area contributed by atoms with E-state index in [0.29, 0.717) is 0 Å². The van der Waals surface area contributed by atoms with Gasteiger partial charge in [-0.1, -0.05) is 17.7 Å². The first-order chi connectivity index (χ1) is 9.88. The highest BCUT2D eigenvalue weighted by atomic mass is 16.2. The van der Waals surface area contributed by atoms with Crippen LogP contribution in [0.25, 0.3) is 0 Å². The molecule has 0 aromatic heterocycles. The predicted molar refractivity (Wildman–Crippen MR) is 86.6 cm³/mol. The monoisotopic (exact) mass is 289 g/mol. The summed E-state index contributed by atoms with van der Waals surface area (Å²) in [6.45, 7) is 11.1. The van der Waals surface area contributed by atoms with E-state index in [4.69, 9.17) is 0 Å². The summed E-state index contributed by atoms with van der Waals surface area (Å²) in [6, 6.07) is 4.64. The zero-order valence-corrected chi connectivity index (χ0v) is 13.9. The maximum absolute atomic E-state index is 11.9. The Balaban J connectivity index is 1.97. The van der Waals surface area contributed by atoms with Crippen LogP contribution in [0.3, 0.4) is 0 Å². The van der Waals surface area contributed by atoms with Crippen molar-refractivity contribution in [1.82, 2.24) is 14.7 Å². The fourth-order valence-corrected chi connectivity index (χ4v) is 3.06. The highest BCUT2D eigenvalue weighted by Gasteiger charge is 2.22. The largest absolute Gasteiger partial charge is 0.331 e. The summed E-state index contributed by atoms with van der Waals surface area (Å²) in [7, 11) is 3.63. The number of amides is 2. The molecular formula is C17H27N3O. The summed E-state index contributed by atoms with van der Waals surface area (Å²) in [5, 5.41) is 0. The molecule has 21 heavy (non-hydrogen) atoms. The van der Waals surface area contributed by atoms with Gasteiger partial charge < -0.3 is 9.80 Å². The number of hydrogen-bond acceptors (Lipinski definition) is 2. The smallest absolute Gasteiger partial charge is 0.319 e. The number of hydrogen-bond donors (Lipinski definition) is 0. The van der Waals surface area contributed by atoms with Crippen LogP contribution < -0.4 is 0 Å². The lowest BCUT2D eigenvalue weighted by Gasteiger charge is -2.36. The van der Waals surface area contributed by atoms with Crippen molar-refractivity contribution in [2.75, 3.05) is 40.3 Å². The normalized spacial score (nSPS) is 16.1. The molecule has 1 heterocycles. The lowest BCUT2D eigenvalue weighted by atomic mass is 9.99. The van der Waals surface area contributed by atoms with E-state index in [0.717, 1.165) is 32.7 Å². The summed E-state index contributed by atoms with van der Waals surface area (Å²) in [6.07, 6.45) is 0. The van der Waals surface area contributed by atoms with Crippen molar-refractivity contribution in [3.8, 4) is 0 Å². The minimum atomic E-state index is 0.123. The Bertz CT molecular complexity index is 494. The van der Waals surface area contributed by atoms with Gasteiger partial charge in [-0.3, -0.25) is 4.90 Å². The Morgan fingerprint density at radius 1 is 1.05 bits per heavy atom. The number of nitrogens with zero attached hydrogens (tertiary/aromatic N) is 3. The molecule has 0 aliphatic carbocycles. The minimum Gasteiger partial charge on any atom is -0.331 e. The molecule has 1 fully saturated rings. The highest BCUT2D eigenvalue weighted by Crippen LogP contribution is 2.19. The molecule has 1 aromatic carbocycles. The molecule has 4 heteroatoms. The Morgan fingerprint density at radius 3 is 2.05 bits per heavy atom. The topological polar surface area (TPSA) is 26.8 Å². The molecule has 2 rings (SSSR count). The predicted octanol–water partition coefficient (Wildman–Crippen LogP) is 2.41. The average molecular weight is 289 g/mol. The van der Waals surface area contributed by atoms with Gasteiger partial charge in [0.15, 0.2) is 0 Å². The van der Waals surface area contributed by atoms with Crippen molar-refractivity contribution < 1.29 is 4.79 Å². The number of carbonyl (C=O) groups is 1. The second-order valence-corrected chi connectivity index (χ2v) is 6.32. The minimum absolute atomic E-state index is 0.123. The maximum Gasteiger partial charge on any atom is 0.319 e. The van der Waals surface area contributed by atoms with Crippen LogP contribution in [0.4, 0.5) is 4.79 Å². The van der Waals surface area contributed by atoms with E-state index < -0.39 is 0 Å². The summed E-state index contributed by atoms with van der Waals surface area (Å²) in [5.74, 6) is 0. The van der Waals surface area contributed by atoms with Gasteiger partial charge in [0.05, 0.1) is 0 Å². The SMILES string of the molecule is Cc1cc(C)c(CN2CCN(C(=O)N(C)C)CC2)c(C)c1. The molecule has 0 saturated carbocycles. The first-order valence-corrected chi connectivity index (χ1v) is 7.64. The van der Waals surface area contributed by atoms with Crippen molar-refractivity contribution in [2.24, 2.45) is 0 Å². The van der Waals surface area contributed by atoms with E-state index in [1.165, 1.54) is 22.3 Å². The number of piperazine rings is 1. The van der Waals surface area contributed by atoms with Crippen LogP contribution in [0.2, 0.25) is 0 Å². The van der Waals surface area contributed by atoms with E-state index in [9.17, 15) is 4.79 Å². The third-order valence-corrected chi connectivity index (χ3v) is 4.25. The van der Waals surface area contributed by atoms with Crippen LogP contribution >= 0.6 is 0 Å². The van der Waals surface area contributed by atoms with E-state index in [2.05, 4.69) is 37.8 Å². The zero-order valence-electron chi connectivity index (χ0n) is 13.9. The lowest BCUT2D eigenvalue weighted by Crippen LogP contribution is -2.51. The molecule has 4 nitrogen and oxygen atoms in total. The Morgan fingerprint density at radius 2 is 1.57 bits per heavy atom. The number of benzene rings is 1. The Hall–Kier alpha value is -1.55. The first-order valence-electron chi connectivity index (χ1n) is 7.64. The molecule has 0 bridgehead atoms. The Kier molecular flexibility index (Phi) is 4.88. The third kappa shape index (κ3) is 3.76. The summed E-state index contributed by atoms with van der Waals surface area (Å²) in [4.78, 5) is 18.0. The molecular weight excluding hydrogens is 262 g/mol. The van der Waals surface area contributed by atoms with Crippen LogP contribution in [0.5, 0.6) is 0 Å².